The summed E-state index contributed by atoms with van der Waals surface area (Å²) >= 11 is 0. The van der Waals surface area contributed by atoms with Crippen LogP contribution in [0.4, 0.5) is 10.6 Å². The Bertz CT molecular complexity index is 2100. The Morgan fingerprint density at radius 3 is 2.23 bits per heavy atom. The molecule has 326 valence electrons. The molecule has 4 saturated carbocycles. The molecule has 5 aliphatic rings. The van der Waals surface area contributed by atoms with E-state index in [0.29, 0.717) is 56.4 Å². The summed E-state index contributed by atoms with van der Waals surface area (Å²) < 4.78 is 31.2. The maximum absolute atomic E-state index is 14.0. The Morgan fingerprint density at radius 1 is 0.833 bits per heavy atom. The highest BCUT2D eigenvalue weighted by atomic mass is 16.6. The van der Waals surface area contributed by atoms with E-state index in [9.17, 15) is 14.4 Å². The van der Waals surface area contributed by atoms with Crippen LogP contribution < -0.4 is 10.2 Å². The molecule has 3 aromatic rings. The second-order valence-corrected chi connectivity index (χ2v) is 20.7. The number of nitrogens with one attached hydrogen (secondary N) is 1. The number of hydrogen-bond donors (Lipinski definition) is 1. The van der Waals surface area contributed by atoms with Gasteiger partial charge in [0.1, 0.15) is 17.0 Å². The third-order valence-corrected chi connectivity index (χ3v) is 12.6. The minimum Gasteiger partial charge on any atom is -0.465 e. The quantitative estimate of drug-likeness (QED) is 0.101. The van der Waals surface area contributed by atoms with Gasteiger partial charge in [-0.25, -0.2) is 19.4 Å². The van der Waals surface area contributed by atoms with Crippen molar-refractivity contribution in [2.75, 3.05) is 44.9 Å². The fourth-order valence-corrected chi connectivity index (χ4v) is 11.7. The molecule has 13 nitrogen and oxygen atoms in total. The predicted octanol–water partition coefficient (Wildman–Crippen LogP) is 8.24. The molecule has 13 heteroatoms. The second-order valence-electron chi connectivity index (χ2n) is 20.7. The van der Waals surface area contributed by atoms with Gasteiger partial charge in [0.25, 0.3) is 0 Å². The summed E-state index contributed by atoms with van der Waals surface area (Å²) in [5, 5.41) is 7.75. The number of anilines is 1. The summed E-state index contributed by atoms with van der Waals surface area (Å²) in [6.07, 6.45) is 8.57. The normalized spacial score (nSPS) is 25.8. The number of hydrogen-bond acceptors (Lipinski definition) is 11. The number of rotatable bonds is 13. The van der Waals surface area contributed by atoms with E-state index in [1.807, 2.05) is 72.0 Å². The molecule has 60 heavy (non-hydrogen) atoms. The number of amides is 1. The molecule has 1 amide bonds. The van der Waals surface area contributed by atoms with Gasteiger partial charge in [-0.2, -0.15) is 5.10 Å². The molecule has 2 atom stereocenters. The van der Waals surface area contributed by atoms with Crippen molar-refractivity contribution in [3.63, 3.8) is 0 Å². The number of carbonyl (C=O) groups excluding carboxylic acids is 3. The number of pyridine rings is 1. The second kappa shape index (κ2) is 16.1. The fourth-order valence-electron chi connectivity index (χ4n) is 11.7. The first-order chi connectivity index (χ1) is 28.1. The molecule has 0 spiro atoms. The molecule has 3 heterocycles. The van der Waals surface area contributed by atoms with Gasteiger partial charge in [-0.05, 0) is 139 Å². The average molecular weight is 828 g/mol. The molecule has 0 radical (unpaired) electrons. The van der Waals surface area contributed by atoms with E-state index in [-0.39, 0.29) is 33.5 Å². The Morgan fingerprint density at radius 2 is 1.55 bits per heavy atom. The lowest BCUT2D eigenvalue weighted by Gasteiger charge is -2.69. The number of methoxy groups -OCH3 is 1. The molecule has 1 aromatic carbocycles. The zero-order chi connectivity index (χ0) is 43.3. The van der Waals surface area contributed by atoms with Crippen LogP contribution in [0.5, 0.6) is 0 Å². The molecule has 4 aliphatic carbocycles. The summed E-state index contributed by atoms with van der Waals surface area (Å²) in [6.45, 7) is 21.6. The van der Waals surface area contributed by atoms with Crippen molar-refractivity contribution < 1.29 is 38.1 Å². The standard InChI is InChI=1S/C47H65N5O8/c1-31-35(33-14-15-37(50-38(33)40(54)59-42(2,3)4)51-18-16-32-12-11-13-34(36(32)23-51)39(53)56-10)22-49-52(31)30-46-25-44(8)24-45(9,26-46)28-47(27-44,29-46)58-21-20-57-19-17-48-41(55)60-43(5,6)7/h11-15,22H,16-21,23-30H2,1-10H3,(H,48,55). The van der Waals surface area contributed by atoms with Crippen molar-refractivity contribution in [2.24, 2.45) is 16.2 Å². The summed E-state index contributed by atoms with van der Waals surface area (Å²) in [7, 11) is 1.40. The Hall–Kier alpha value is -4.49. The smallest absolute Gasteiger partial charge is 0.407 e. The van der Waals surface area contributed by atoms with Crippen molar-refractivity contribution in [1.82, 2.24) is 20.1 Å². The SMILES string of the molecule is COC(=O)c1cccc2c1CN(c1ccc(-c3cnn(CC45CC6(C)CC(C)(C4)CC(OCCOCCNC(=O)OC(C)(C)C)(C6)C5)c3C)c(C(=O)OC(C)(C)C)n1)CC2. The van der Waals surface area contributed by atoms with E-state index in [4.69, 9.17) is 33.8 Å². The molecule has 8 rings (SSSR count). The van der Waals surface area contributed by atoms with E-state index in [1.54, 1.807) is 6.07 Å². The van der Waals surface area contributed by atoms with Gasteiger partial charge >= 0.3 is 18.0 Å². The molecular formula is C47H65N5O8. The van der Waals surface area contributed by atoms with Crippen LogP contribution in [-0.2, 0) is 43.2 Å². The van der Waals surface area contributed by atoms with Crippen LogP contribution in [0.3, 0.4) is 0 Å². The molecule has 1 aliphatic heterocycles. The van der Waals surface area contributed by atoms with Crippen molar-refractivity contribution >= 4 is 23.8 Å². The van der Waals surface area contributed by atoms with E-state index in [1.165, 1.54) is 13.5 Å². The first-order valence-corrected chi connectivity index (χ1v) is 21.5. The van der Waals surface area contributed by atoms with E-state index < -0.39 is 23.3 Å². The van der Waals surface area contributed by atoms with Crippen molar-refractivity contribution in [3.8, 4) is 11.1 Å². The summed E-state index contributed by atoms with van der Waals surface area (Å²) in [5.41, 5.74) is 4.09. The van der Waals surface area contributed by atoms with Gasteiger partial charge in [0.15, 0.2) is 5.69 Å². The third kappa shape index (κ3) is 9.52. The zero-order valence-electron chi connectivity index (χ0n) is 37.4. The third-order valence-electron chi connectivity index (χ3n) is 12.6. The largest absolute Gasteiger partial charge is 0.465 e. The molecule has 4 fully saturated rings. The highest BCUT2D eigenvalue weighted by molar-refractivity contribution is 5.96. The van der Waals surface area contributed by atoms with Crippen LogP contribution in [-0.4, -0.2) is 89.6 Å². The van der Waals surface area contributed by atoms with Gasteiger partial charge in [-0.3, -0.25) is 4.68 Å². The maximum Gasteiger partial charge on any atom is 0.407 e. The Kier molecular flexibility index (Phi) is 11.7. The van der Waals surface area contributed by atoms with Crippen molar-refractivity contribution in [1.29, 1.82) is 0 Å². The highest BCUT2D eigenvalue weighted by Crippen LogP contribution is 2.72. The summed E-state index contributed by atoms with van der Waals surface area (Å²) in [4.78, 5) is 45.7. The molecule has 1 N–H and O–H groups in total. The highest BCUT2D eigenvalue weighted by Gasteiger charge is 2.66. The van der Waals surface area contributed by atoms with Crippen LogP contribution in [0.2, 0.25) is 0 Å². The number of alkyl carbamates (subject to hydrolysis) is 1. The molecule has 0 saturated heterocycles. The lowest BCUT2D eigenvalue weighted by atomic mass is 9.39. The molecule has 2 aromatic heterocycles. The number of aromatic nitrogens is 3. The van der Waals surface area contributed by atoms with Gasteiger partial charge < -0.3 is 33.9 Å². The number of benzene rings is 1. The first-order valence-electron chi connectivity index (χ1n) is 21.5. The van der Waals surface area contributed by atoms with Crippen molar-refractivity contribution in [2.45, 2.75) is 137 Å². The molecule has 4 bridgehead atoms. The van der Waals surface area contributed by atoms with Crippen LogP contribution in [0.1, 0.15) is 132 Å². The average Bonchev–Trinajstić information content (AvgIpc) is 3.48. The van der Waals surface area contributed by atoms with Gasteiger partial charge in [-0.15, -0.1) is 0 Å². The fraction of sp³-hybridized carbons (Fsp3) is 0.638. The minimum absolute atomic E-state index is 0.00575. The summed E-state index contributed by atoms with van der Waals surface area (Å²) in [6, 6.07) is 9.65. The minimum atomic E-state index is -0.724. The summed E-state index contributed by atoms with van der Waals surface area (Å²) in [5.74, 6) is -0.229. The zero-order valence-corrected chi connectivity index (χ0v) is 37.4. The molecular weight excluding hydrogens is 763 g/mol. The monoisotopic (exact) mass is 827 g/mol. The first kappa shape index (κ1) is 43.6. The van der Waals surface area contributed by atoms with Crippen LogP contribution in [0.25, 0.3) is 11.1 Å². The Labute approximate surface area is 355 Å². The van der Waals surface area contributed by atoms with Crippen LogP contribution in [0, 0.1) is 23.2 Å². The topological polar surface area (TPSA) is 143 Å². The van der Waals surface area contributed by atoms with E-state index in [2.05, 4.69) is 35.7 Å². The molecule has 2 unspecified atom stereocenters. The van der Waals surface area contributed by atoms with E-state index >= 15 is 0 Å². The van der Waals surface area contributed by atoms with Gasteiger partial charge in [-0.1, -0.05) is 26.0 Å². The van der Waals surface area contributed by atoms with Gasteiger partial charge in [0.2, 0.25) is 0 Å². The lowest BCUT2D eigenvalue weighted by molar-refractivity contribution is -0.250. The van der Waals surface area contributed by atoms with Gasteiger partial charge in [0.05, 0.1) is 44.3 Å². The maximum atomic E-state index is 14.0. The lowest BCUT2D eigenvalue weighted by Crippen LogP contribution is -2.64. The number of ether oxygens (including phenoxy) is 5. The predicted molar refractivity (Wildman–Crippen MR) is 228 cm³/mol. The number of carbonyl (C=O) groups is 3. The van der Waals surface area contributed by atoms with E-state index in [0.717, 1.165) is 67.5 Å². The van der Waals surface area contributed by atoms with Crippen molar-refractivity contribution in [3.05, 3.63) is 64.6 Å². The Balaban J connectivity index is 1.09. The van der Waals surface area contributed by atoms with Crippen LogP contribution in [0.15, 0.2) is 36.5 Å². The number of nitrogens with zero attached hydrogens (tertiary/aromatic N) is 4. The van der Waals surface area contributed by atoms with Crippen LogP contribution >= 0.6 is 0 Å². The van der Waals surface area contributed by atoms with Gasteiger partial charge in [0, 0.05) is 43.0 Å². The number of fused-ring (bicyclic) bond motifs is 1. The number of esters is 2.